The minimum absolute atomic E-state index is 0.00306. The Kier molecular flexibility index (Phi) is 6.46. The van der Waals surface area contributed by atoms with Crippen LogP contribution in [0.3, 0.4) is 0 Å². The highest BCUT2D eigenvalue weighted by atomic mass is 79.9. The molecule has 0 atom stereocenters. The lowest BCUT2D eigenvalue weighted by atomic mass is 10.2. The molecule has 0 aliphatic heterocycles. The average molecular weight is 441 g/mol. The monoisotopic (exact) mass is 440 g/mol. The van der Waals surface area contributed by atoms with Crippen molar-refractivity contribution in [1.29, 1.82) is 0 Å². The summed E-state index contributed by atoms with van der Waals surface area (Å²) in [5.74, 6) is -0.844. The van der Waals surface area contributed by atoms with Gasteiger partial charge < -0.3 is 10.6 Å². The first kappa shape index (κ1) is 20.0. The highest BCUT2D eigenvalue weighted by molar-refractivity contribution is 9.10. The summed E-state index contributed by atoms with van der Waals surface area (Å²) in [6, 6.07) is 7.85. The van der Waals surface area contributed by atoms with E-state index in [4.69, 9.17) is 0 Å². The van der Waals surface area contributed by atoms with Gasteiger partial charge in [-0.2, -0.15) is 4.31 Å². The number of halogens is 1. The Hall–Kier alpha value is -2.30. The quantitative estimate of drug-likeness (QED) is 0.714. The Morgan fingerprint density at radius 1 is 1.19 bits per heavy atom. The summed E-state index contributed by atoms with van der Waals surface area (Å²) >= 11 is 3.29. The van der Waals surface area contributed by atoms with E-state index in [-0.39, 0.29) is 10.8 Å². The van der Waals surface area contributed by atoms with E-state index in [0.29, 0.717) is 15.8 Å². The highest BCUT2D eigenvalue weighted by Gasteiger charge is 2.23. The summed E-state index contributed by atoms with van der Waals surface area (Å²) in [6.45, 7) is 0.950. The van der Waals surface area contributed by atoms with Crippen molar-refractivity contribution < 1.29 is 18.0 Å². The van der Waals surface area contributed by atoms with Crippen molar-refractivity contribution in [3.8, 4) is 0 Å². The van der Waals surface area contributed by atoms with E-state index in [9.17, 15) is 18.0 Å². The Morgan fingerprint density at radius 2 is 1.92 bits per heavy atom. The molecule has 0 radical (unpaired) electrons. The molecule has 10 heteroatoms. The molecule has 8 nitrogen and oxygen atoms in total. The Morgan fingerprint density at radius 3 is 2.54 bits per heavy atom. The average Bonchev–Trinajstić information content (AvgIpc) is 2.57. The molecular formula is C16H17BrN4O4S. The summed E-state index contributed by atoms with van der Waals surface area (Å²) in [6.07, 6.45) is 2.68. The second-order valence-corrected chi connectivity index (χ2v) is 8.33. The van der Waals surface area contributed by atoms with Crippen molar-refractivity contribution in [3.05, 3.63) is 47.2 Å². The maximum Gasteiger partial charge on any atom is 0.244 e. The fourth-order valence-electron chi connectivity index (χ4n) is 2.08. The molecule has 1 aromatic carbocycles. The molecule has 2 rings (SSSR count). The van der Waals surface area contributed by atoms with Crippen molar-refractivity contribution >= 4 is 49.1 Å². The van der Waals surface area contributed by atoms with Crippen molar-refractivity contribution in [3.63, 3.8) is 0 Å². The molecule has 0 saturated heterocycles. The maximum atomic E-state index is 12.4. The third-order valence-corrected chi connectivity index (χ3v) is 5.56. The molecule has 0 saturated carbocycles. The van der Waals surface area contributed by atoms with Gasteiger partial charge in [0.2, 0.25) is 21.8 Å². The predicted molar refractivity (Wildman–Crippen MR) is 101 cm³/mol. The number of hydrogen-bond acceptors (Lipinski definition) is 5. The zero-order valence-corrected chi connectivity index (χ0v) is 16.5. The third kappa shape index (κ3) is 5.10. The van der Waals surface area contributed by atoms with E-state index in [1.54, 1.807) is 18.2 Å². The molecule has 1 heterocycles. The van der Waals surface area contributed by atoms with Crippen LogP contribution in [0.5, 0.6) is 0 Å². The second kappa shape index (κ2) is 8.39. The number of carbonyl (C=O) groups excluding carboxylic acids is 2. The van der Waals surface area contributed by atoms with Gasteiger partial charge in [0.05, 0.1) is 17.9 Å². The minimum Gasteiger partial charge on any atom is -0.325 e. The first-order valence-electron chi connectivity index (χ1n) is 7.43. The van der Waals surface area contributed by atoms with E-state index >= 15 is 0 Å². The van der Waals surface area contributed by atoms with Crippen LogP contribution in [-0.4, -0.2) is 43.1 Å². The van der Waals surface area contributed by atoms with Gasteiger partial charge in [-0.05, 0) is 30.3 Å². The third-order valence-electron chi connectivity index (χ3n) is 3.28. The number of sulfonamides is 1. The number of likely N-dealkylation sites (N-methyl/N-ethyl adjacent to an activating group) is 1. The van der Waals surface area contributed by atoms with Gasteiger partial charge in [-0.3, -0.25) is 14.6 Å². The lowest BCUT2D eigenvalue weighted by Crippen LogP contribution is -2.35. The normalized spacial score (nSPS) is 11.2. The molecule has 0 bridgehead atoms. The first-order valence-corrected chi connectivity index (χ1v) is 9.67. The fourth-order valence-corrected chi connectivity index (χ4v) is 3.53. The van der Waals surface area contributed by atoms with Gasteiger partial charge in [0.1, 0.15) is 4.90 Å². The van der Waals surface area contributed by atoms with E-state index in [1.165, 1.54) is 38.5 Å². The van der Waals surface area contributed by atoms with Gasteiger partial charge in [0, 0.05) is 30.8 Å². The molecule has 0 fully saturated rings. The topological polar surface area (TPSA) is 108 Å². The smallest absolute Gasteiger partial charge is 0.244 e. The van der Waals surface area contributed by atoms with Crippen LogP contribution in [-0.2, 0) is 19.6 Å². The van der Waals surface area contributed by atoms with Gasteiger partial charge in [0.25, 0.3) is 0 Å². The molecule has 1 aromatic heterocycles. The zero-order chi connectivity index (χ0) is 19.3. The molecule has 0 spiro atoms. The number of benzene rings is 1. The summed E-state index contributed by atoms with van der Waals surface area (Å²) in [5.41, 5.74) is 0.763. The lowest BCUT2D eigenvalue weighted by Gasteiger charge is -2.17. The van der Waals surface area contributed by atoms with Gasteiger partial charge >= 0.3 is 0 Å². The zero-order valence-electron chi connectivity index (χ0n) is 14.1. The number of amides is 2. The van der Waals surface area contributed by atoms with Crippen molar-refractivity contribution in [2.45, 2.75) is 11.8 Å². The van der Waals surface area contributed by atoms with Gasteiger partial charge in [-0.1, -0.05) is 15.9 Å². The van der Waals surface area contributed by atoms with Crippen LogP contribution in [0.25, 0.3) is 0 Å². The SMILES string of the molecule is CC(=O)Nc1ccc(Br)cc1NC(=O)CN(C)S(=O)(=O)c1cccnc1. The number of hydrogen-bond donors (Lipinski definition) is 2. The van der Waals surface area contributed by atoms with Crippen LogP contribution in [0.2, 0.25) is 0 Å². The second-order valence-electron chi connectivity index (χ2n) is 5.37. The summed E-state index contributed by atoms with van der Waals surface area (Å²) in [7, 11) is -2.53. The largest absolute Gasteiger partial charge is 0.325 e. The fraction of sp³-hybridized carbons (Fsp3) is 0.188. The Bertz CT molecular complexity index is 919. The van der Waals surface area contributed by atoms with Gasteiger partial charge in [0.15, 0.2) is 0 Å². The van der Waals surface area contributed by atoms with Gasteiger partial charge in [-0.15, -0.1) is 0 Å². The van der Waals surface area contributed by atoms with E-state index in [2.05, 4.69) is 31.5 Å². The van der Waals surface area contributed by atoms with Crippen LogP contribution in [0, 0.1) is 0 Å². The van der Waals surface area contributed by atoms with Crippen LogP contribution in [0.15, 0.2) is 52.1 Å². The van der Waals surface area contributed by atoms with Crippen LogP contribution in [0.1, 0.15) is 6.92 Å². The summed E-state index contributed by atoms with van der Waals surface area (Å²) < 4.78 is 26.5. The lowest BCUT2D eigenvalue weighted by molar-refractivity contribution is -0.116. The maximum absolute atomic E-state index is 12.4. The minimum atomic E-state index is -3.83. The summed E-state index contributed by atoms with van der Waals surface area (Å²) in [4.78, 5) is 27.3. The Labute approximate surface area is 159 Å². The van der Waals surface area contributed by atoms with E-state index in [1.807, 2.05) is 0 Å². The predicted octanol–water partition coefficient (Wildman–Crippen LogP) is 2.06. The summed E-state index contributed by atoms with van der Waals surface area (Å²) in [5, 5.41) is 5.21. The first-order chi connectivity index (χ1) is 12.2. The molecule has 0 aliphatic carbocycles. The van der Waals surface area contributed by atoms with Crippen molar-refractivity contribution in [1.82, 2.24) is 9.29 Å². The highest BCUT2D eigenvalue weighted by Crippen LogP contribution is 2.26. The molecule has 0 aliphatic rings. The van der Waals surface area contributed by atoms with Crippen LogP contribution < -0.4 is 10.6 Å². The van der Waals surface area contributed by atoms with E-state index in [0.717, 1.165) is 4.31 Å². The van der Waals surface area contributed by atoms with Crippen LogP contribution in [0.4, 0.5) is 11.4 Å². The number of carbonyl (C=O) groups is 2. The molecule has 0 unspecified atom stereocenters. The molecule has 138 valence electrons. The van der Waals surface area contributed by atoms with Gasteiger partial charge in [-0.25, -0.2) is 8.42 Å². The number of anilines is 2. The number of nitrogens with zero attached hydrogens (tertiary/aromatic N) is 2. The molecule has 2 aromatic rings. The molecular weight excluding hydrogens is 424 g/mol. The van der Waals surface area contributed by atoms with Crippen molar-refractivity contribution in [2.24, 2.45) is 0 Å². The standard InChI is InChI=1S/C16H17BrN4O4S/c1-11(22)19-14-6-5-12(17)8-15(14)20-16(23)10-21(2)26(24,25)13-4-3-7-18-9-13/h3-9H,10H2,1-2H3,(H,19,22)(H,20,23). The van der Waals surface area contributed by atoms with Crippen LogP contribution >= 0.6 is 15.9 Å². The number of rotatable bonds is 6. The molecule has 26 heavy (non-hydrogen) atoms. The number of aromatic nitrogens is 1. The Balaban J connectivity index is 2.14. The van der Waals surface area contributed by atoms with Crippen molar-refractivity contribution in [2.75, 3.05) is 24.2 Å². The molecule has 2 amide bonds. The van der Waals surface area contributed by atoms with E-state index < -0.39 is 22.5 Å². The number of pyridine rings is 1. The number of nitrogens with one attached hydrogen (secondary N) is 2. The molecule has 2 N–H and O–H groups in total.